The molecule has 0 aliphatic carbocycles. The van der Waals surface area contributed by atoms with Crippen molar-refractivity contribution in [3.63, 3.8) is 0 Å². The number of pyridine rings is 3. The molecule has 1 aromatic carbocycles. The van der Waals surface area contributed by atoms with Gasteiger partial charge >= 0.3 is 0 Å². The van der Waals surface area contributed by atoms with Crippen molar-refractivity contribution >= 4 is 22.5 Å². The van der Waals surface area contributed by atoms with Gasteiger partial charge in [-0.3, -0.25) is 19.9 Å². The molecule has 4 aromatic heterocycles. The van der Waals surface area contributed by atoms with E-state index in [2.05, 4.69) is 20.2 Å². The average molecular weight is 511 g/mol. The first-order valence-electron chi connectivity index (χ1n) is 11.7. The number of fused-ring (bicyclic) bond motifs is 1. The Balaban J connectivity index is 1.50. The number of benzene rings is 1. The molecule has 184 valence electrons. The number of halogens is 1. The molecule has 4 heterocycles. The summed E-state index contributed by atoms with van der Waals surface area (Å²) in [5.41, 5.74) is 5.66. The fraction of sp³-hybridized carbons (Fsp3) is 0.179. The lowest BCUT2D eigenvalue weighted by molar-refractivity contribution is 0.303. The van der Waals surface area contributed by atoms with E-state index < -0.39 is 6.04 Å². The monoisotopic (exact) mass is 510 g/mol. The number of hydrogen-bond acceptors (Lipinski definition) is 6. The molecule has 5 rings (SSSR count). The highest BCUT2D eigenvalue weighted by Gasteiger charge is 2.19. The predicted molar refractivity (Wildman–Crippen MR) is 142 cm³/mol. The van der Waals surface area contributed by atoms with Gasteiger partial charge in [-0.2, -0.15) is 10.4 Å². The van der Waals surface area contributed by atoms with Gasteiger partial charge in [-0.25, -0.2) is 0 Å². The van der Waals surface area contributed by atoms with E-state index in [1.807, 2.05) is 51.1 Å². The van der Waals surface area contributed by atoms with Crippen LogP contribution in [0.3, 0.4) is 0 Å². The minimum Gasteiger partial charge on any atom is -0.489 e. The zero-order chi connectivity index (χ0) is 26.1. The van der Waals surface area contributed by atoms with Crippen LogP contribution >= 0.6 is 11.6 Å². The lowest BCUT2D eigenvalue weighted by Gasteiger charge is -2.19. The van der Waals surface area contributed by atoms with Crippen LogP contribution in [0.15, 0.2) is 65.8 Å². The standard InChI is InChI=1S/C28H23ClN6O2/c1-16-14-32-34-26(16)22-11-17(2)33-25-7-6-20(12-21(22)25)37-15-23-24(29)8-9-31-27(23)18(3)35-10-4-5-19(13-30)28(35)36/h4-12,14,18H,15H2,1-3H3,(H,32,34). The van der Waals surface area contributed by atoms with E-state index >= 15 is 0 Å². The molecule has 0 spiro atoms. The quantitative estimate of drug-likeness (QED) is 0.322. The normalized spacial score (nSPS) is 11.9. The van der Waals surface area contributed by atoms with Crippen molar-refractivity contribution in [1.29, 1.82) is 5.26 Å². The van der Waals surface area contributed by atoms with Gasteiger partial charge in [-0.1, -0.05) is 11.6 Å². The second-order valence-electron chi connectivity index (χ2n) is 8.79. The molecule has 5 aromatic rings. The van der Waals surface area contributed by atoms with Gasteiger partial charge in [-0.05, 0) is 68.8 Å². The number of nitriles is 1. The lowest BCUT2D eigenvalue weighted by Crippen LogP contribution is -2.26. The SMILES string of the molecule is Cc1cc(-c2[nH]ncc2C)c2cc(OCc3c(Cl)ccnc3C(C)n3cccc(C#N)c3=O)ccc2n1. The van der Waals surface area contributed by atoms with Crippen LogP contribution in [0.25, 0.3) is 22.2 Å². The number of nitrogens with zero attached hydrogens (tertiary/aromatic N) is 5. The Kier molecular flexibility index (Phi) is 6.47. The van der Waals surface area contributed by atoms with Crippen LogP contribution in [0.4, 0.5) is 0 Å². The van der Waals surface area contributed by atoms with Crippen LogP contribution in [0, 0.1) is 25.2 Å². The molecule has 0 fully saturated rings. The first-order valence-corrected chi connectivity index (χ1v) is 12.0. The van der Waals surface area contributed by atoms with E-state index in [0.717, 1.165) is 33.4 Å². The third kappa shape index (κ3) is 4.57. The molecule has 0 saturated carbocycles. The Morgan fingerprint density at radius 2 is 2.05 bits per heavy atom. The van der Waals surface area contributed by atoms with Crippen molar-refractivity contribution in [3.8, 4) is 23.1 Å². The van der Waals surface area contributed by atoms with Crippen molar-refractivity contribution in [2.75, 3.05) is 0 Å². The first-order chi connectivity index (χ1) is 17.9. The Hall–Kier alpha value is -4.48. The number of aryl methyl sites for hydroxylation is 2. The van der Waals surface area contributed by atoms with Crippen molar-refractivity contribution in [2.24, 2.45) is 0 Å². The molecule has 0 aliphatic heterocycles. The maximum atomic E-state index is 12.7. The number of nitrogens with one attached hydrogen (secondary N) is 1. The molecule has 0 saturated heterocycles. The highest BCUT2D eigenvalue weighted by Crippen LogP contribution is 2.33. The van der Waals surface area contributed by atoms with E-state index in [1.54, 1.807) is 30.7 Å². The summed E-state index contributed by atoms with van der Waals surface area (Å²) in [5, 5.41) is 17.9. The van der Waals surface area contributed by atoms with E-state index in [0.29, 0.717) is 22.0 Å². The molecule has 0 radical (unpaired) electrons. The summed E-state index contributed by atoms with van der Waals surface area (Å²) < 4.78 is 7.67. The van der Waals surface area contributed by atoms with Gasteiger partial charge in [0.1, 0.15) is 24.0 Å². The van der Waals surface area contributed by atoms with Gasteiger partial charge in [-0.15, -0.1) is 0 Å². The molecule has 1 unspecified atom stereocenters. The van der Waals surface area contributed by atoms with Crippen molar-refractivity contribution in [3.05, 3.63) is 105 Å². The summed E-state index contributed by atoms with van der Waals surface area (Å²) in [7, 11) is 0. The number of rotatable bonds is 6. The van der Waals surface area contributed by atoms with E-state index in [9.17, 15) is 10.1 Å². The smallest absolute Gasteiger partial charge is 0.269 e. The number of ether oxygens (including phenoxy) is 1. The summed E-state index contributed by atoms with van der Waals surface area (Å²) in [6.45, 7) is 5.95. The van der Waals surface area contributed by atoms with Crippen LogP contribution in [-0.4, -0.2) is 24.7 Å². The summed E-state index contributed by atoms with van der Waals surface area (Å²) in [5.74, 6) is 0.638. The molecule has 37 heavy (non-hydrogen) atoms. The van der Waals surface area contributed by atoms with E-state index in [1.165, 1.54) is 10.6 Å². The van der Waals surface area contributed by atoms with Crippen LogP contribution in [0.5, 0.6) is 5.75 Å². The van der Waals surface area contributed by atoms with Crippen LogP contribution in [-0.2, 0) is 6.61 Å². The summed E-state index contributed by atoms with van der Waals surface area (Å²) in [4.78, 5) is 21.9. The number of H-pyrrole nitrogens is 1. The molecule has 1 N–H and O–H groups in total. The molecular formula is C28H23ClN6O2. The zero-order valence-corrected chi connectivity index (χ0v) is 21.2. The van der Waals surface area contributed by atoms with Gasteiger partial charge in [0.05, 0.1) is 34.2 Å². The Bertz CT molecular complexity index is 1730. The molecule has 0 amide bonds. The van der Waals surface area contributed by atoms with E-state index in [4.69, 9.17) is 16.3 Å². The summed E-state index contributed by atoms with van der Waals surface area (Å²) in [6, 6.07) is 14.1. The van der Waals surface area contributed by atoms with Gasteiger partial charge in [0.25, 0.3) is 5.56 Å². The molecule has 8 nitrogen and oxygen atoms in total. The predicted octanol–water partition coefficient (Wildman–Crippen LogP) is 5.51. The number of hydrogen-bond donors (Lipinski definition) is 1. The minimum absolute atomic E-state index is 0.0671. The second-order valence-corrected chi connectivity index (χ2v) is 9.19. The molecular weight excluding hydrogens is 488 g/mol. The molecule has 1 atom stereocenters. The molecule has 0 bridgehead atoms. The third-order valence-electron chi connectivity index (χ3n) is 6.33. The Labute approximate surface area is 218 Å². The van der Waals surface area contributed by atoms with Crippen molar-refractivity contribution in [1.82, 2.24) is 24.7 Å². The van der Waals surface area contributed by atoms with Crippen molar-refractivity contribution < 1.29 is 4.74 Å². The van der Waals surface area contributed by atoms with Gasteiger partial charge in [0.2, 0.25) is 0 Å². The second kappa shape index (κ2) is 9.88. The summed E-state index contributed by atoms with van der Waals surface area (Å²) in [6.07, 6.45) is 5.03. The number of aromatic amines is 1. The first kappa shape index (κ1) is 24.2. The molecule has 0 aliphatic rings. The minimum atomic E-state index is -0.461. The van der Waals surface area contributed by atoms with Crippen LogP contribution in [0.2, 0.25) is 5.02 Å². The van der Waals surface area contributed by atoms with Gasteiger partial charge in [0, 0.05) is 34.6 Å². The maximum Gasteiger partial charge on any atom is 0.269 e. The van der Waals surface area contributed by atoms with Gasteiger partial charge in [0.15, 0.2) is 0 Å². The highest BCUT2D eigenvalue weighted by molar-refractivity contribution is 6.31. The fourth-order valence-corrected chi connectivity index (χ4v) is 4.63. The topological polar surface area (TPSA) is 109 Å². The largest absolute Gasteiger partial charge is 0.489 e. The van der Waals surface area contributed by atoms with Gasteiger partial charge < -0.3 is 9.30 Å². The summed E-state index contributed by atoms with van der Waals surface area (Å²) >= 11 is 6.57. The zero-order valence-electron chi connectivity index (χ0n) is 20.5. The Morgan fingerprint density at radius 1 is 1.22 bits per heavy atom. The number of aromatic nitrogens is 5. The lowest BCUT2D eigenvalue weighted by atomic mass is 10.0. The van der Waals surface area contributed by atoms with Crippen molar-refractivity contribution in [2.45, 2.75) is 33.4 Å². The fourth-order valence-electron chi connectivity index (χ4n) is 4.43. The molecule has 9 heteroatoms. The third-order valence-corrected chi connectivity index (χ3v) is 6.68. The average Bonchev–Trinajstić information content (AvgIpc) is 3.32. The highest BCUT2D eigenvalue weighted by atomic mass is 35.5. The van der Waals surface area contributed by atoms with E-state index in [-0.39, 0.29) is 17.7 Å². The Morgan fingerprint density at radius 3 is 2.81 bits per heavy atom. The van der Waals surface area contributed by atoms with Crippen LogP contribution < -0.4 is 10.3 Å². The maximum absolute atomic E-state index is 12.7. The van der Waals surface area contributed by atoms with Crippen LogP contribution in [0.1, 0.15) is 41.0 Å².